The van der Waals surface area contributed by atoms with Crippen LogP contribution in [0.1, 0.15) is 35.2 Å². The van der Waals surface area contributed by atoms with E-state index in [1.54, 1.807) is 28.6 Å². The molecule has 2 aromatic heterocycles. The molecule has 2 rings (SSSR count). The first-order valence-electron chi connectivity index (χ1n) is 7.46. The first-order chi connectivity index (χ1) is 10.5. The number of hydrogen-bond acceptors (Lipinski definition) is 3. The lowest BCUT2D eigenvalue weighted by Crippen LogP contribution is -2.43. The molecule has 0 spiro atoms. The summed E-state index contributed by atoms with van der Waals surface area (Å²) in [5.41, 5.74) is 1.08. The van der Waals surface area contributed by atoms with Crippen LogP contribution in [0.15, 0.2) is 36.7 Å². The zero-order valence-electron chi connectivity index (χ0n) is 13.5. The van der Waals surface area contributed by atoms with Crippen LogP contribution in [-0.4, -0.2) is 29.0 Å². The van der Waals surface area contributed by atoms with E-state index < -0.39 is 0 Å². The summed E-state index contributed by atoms with van der Waals surface area (Å²) in [7, 11) is 1.82. The molecular weight excluding hydrogens is 294 g/mol. The summed E-state index contributed by atoms with van der Waals surface area (Å²) >= 11 is 1.78. The van der Waals surface area contributed by atoms with E-state index in [4.69, 9.17) is 0 Å². The average molecular weight is 317 g/mol. The molecule has 5 heteroatoms. The number of aromatic nitrogens is 1. The van der Waals surface area contributed by atoms with Gasteiger partial charge in [-0.25, -0.2) is 4.79 Å². The third kappa shape index (κ3) is 4.31. The van der Waals surface area contributed by atoms with Crippen molar-refractivity contribution in [2.45, 2.75) is 39.3 Å². The molecule has 0 radical (unpaired) electrons. The topological polar surface area (TPSA) is 45.2 Å². The lowest BCUT2D eigenvalue weighted by atomic mass is 10.1. The van der Waals surface area contributed by atoms with Crippen LogP contribution in [0.25, 0.3) is 0 Å². The minimum Gasteiger partial charge on any atom is -0.335 e. The number of nitrogens with one attached hydrogen (secondary N) is 1. The van der Waals surface area contributed by atoms with E-state index in [1.165, 1.54) is 9.75 Å². The van der Waals surface area contributed by atoms with Gasteiger partial charge in [0.1, 0.15) is 0 Å². The highest BCUT2D eigenvalue weighted by atomic mass is 32.1. The molecule has 0 saturated heterocycles. The summed E-state index contributed by atoms with van der Waals surface area (Å²) in [6.45, 7) is 6.15. The molecule has 2 heterocycles. The number of thiophene rings is 1. The predicted octanol–water partition coefficient (Wildman–Crippen LogP) is 3.79. The van der Waals surface area contributed by atoms with Gasteiger partial charge in [-0.3, -0.25) is 4.98 Å². The summed E-state index contributed by atoms with van der Waals surface area (Å²) in [4.78, 5) is 20.7. The molecule has 118 valence electrons. The van der Waals surface area contributed by atoms with E-state index in [0.717, 1.165) is 12.0 Å². The molecule has 0 aliphatic carbocycles. The Labute approximate surface area is 136 Å². The molecule has 0 aromatic carbocycles. The van der Waals surface area contributed by atoms with Crippen molar-refractivity contribution in [3.8, 4) is 0 Å². The Bertz CT molecular complexity index is 611. The number of hydrogen-bond donors (Lipinski definition) is 1. The lowest BCUT2D eigenvalue weighted by Gasteiger charge is -2.27. The molecule has 0 fully saturated rings. The van der Waals surface area contributed by atoms with E-state index in [-0.39, 0.29) is 18.1 Å². The molecule has 0 aliphatic heterocycles. The van der Waals surface area contributed by atoms with Gasteiger partial charge in [-0.2, -0.15) is 0 Å². The minimum absolute atomic E-state index is 0.0131. The minimum atomic E-state index is -0.0508. The maximum atomic E-state index is 12.4. The van der Waals surface area contributed by atoms with Crippen molar-refractivity contribution in [3.05, 3.63) is 52.0 Å². The van der Waals surface area contributed by atoms with Crippen molar-refractivity contribution in [1.82, 2.24) is 15.2 Å². The lowest BCUT2D eigenvalue weighted by molar-refractivity contribution is 0.191. The highest BCUT2D eigenvalue weighted by Gasteiger charge is 2.19. The number of aryl methyl sites for hydroxylation is 1. The van der Waals surface area contributed by atoms with Gasteiger partial charge >= 0.3 is 6.03 Å². The normalized spacial score (nSPS) is 13.5. The average Bonchev–Trinajstić information content (AvgIpc) is 2.91. The van der Waals surface area contributed by atoms with Gasteiger partial charge in [0.15, 0.2) is 0 Å². The molecule has 0 aliphatic rings. The zero-order chi connectivity index (χ0) is 16.1. The van der Waals surface area contributed by atoms with Crippen molar-refractivity contribution in [2.75, 3.05) is 7.05 Å². The Morgan fingerprint density at radius 3 is 2.55 bits per heavy atom. The summed E-state index contributed by atoms with van der Waals surface area (Å²) in [6.07, 6.45) is 4.36. The molecule has 0 saturated carbocycles. The molecule has 22 heavy (non-hydrogen) atoms. The number of rotatable bonds is 5. The van der Waals surface area contributed by atoms with Gasteiger partial charge in [-0.1, -0.05) is 0 Å². The molecule has 2 aromatic rings. The van der Waals surface area contributed by atoms with Crippen LogP contribution < -0.4 is 5.32 Å². The fourth-order valence-electron chi connectivity index (χ4n) is 2.30. The Balaban J connectivity index is 1.90. The summed E-state index contributed by atoms with van der Waals surface area (Å²) in [5, 5.41) is 3.07. The monoisotopic (exact) mass is 317 g/mol. The van der Waals surface area contributed by atoms with Crippen LogP contribution in [0.4, 0.5) is 4.79 Å². The Morgan fingerprint density at radius 1 is 1.27 bits per heavy atom. The van der Waals surface area contributed by atoms with Crippen LogP contribution in [0.3, 0.4) is 0 Å². The largest absolute Gasteiger partial charge is 0.335 e. The number of carbonyl (C=O) groups excluding carboxylic acids is 1. The quantitative estimate of drug-likeness (QED) is 0.912. The molecule has 0 bridgehead atoms. The van der Waals surface area contributed by atoms with E-state index in [9.17, 15) is 4.79 Å². The molecule has 1 N–H and O–H groups in total. The van der Waals surface area contributed by atoms with Crippen LogP contribution in [0, 0.1) is 6.92 Å². The smallest absolute Gasteiger partial charge is 0.317 e. The first kappa shape index (κ1) is 16.5. The Kier molecular flexibility index (Phi) is 5.55. The number of nitrogens with zero attached hydrogens (tertiary/aromatic N) is 2. The third-order valence-corrected chi connectivity index (χ3v) is 4.79. The molecule has 0 unspecified atom stereocenters. The maximum absolute atomic E-state index is 12.4. The molecule has 2 amide bonds. The molecule has 2 atom stereocenters. The van der Waals surface area contributed by atoms with Crippen LogP contribution >= 0.6 is 11.3 Å². The SMILES string of the molecule is Cc1ccc(C[C@@H](C)NC(=O)N(C)[C@H](C)c2ccncc2)s1. The standard InChI is InChI=1S/C17H23N3OS/c1-12(11-16-6-5-13(2)22-16)19-17(21)20(4)14(3)15-7-9-18-10-8-15/h5-10,12,14H,11H2,1-4H3,(H,19,21)/t12-,14-/m1/s1. The van der Waals surface area contributed by atoms with Crippen LogP contribution in [0.5, 0.6) is 0 Å². The van der Waals surface area contributed by atoms with Gasteiger partial charge < -0.3 is 10.2 Å². The number of carbonyl (C=O) groups is 1. The van der Waals surface area contributed by atoms with Crippen molar-refractivity contribution in [2.24, 2.45) is 0 Å². The summed E-state index contributed by atoms with van der Waals surface area (Å²) in [5.74, 6) is 0. The zero-order valence-corrected chi connectivity index (χ0v) is 14.4. The van der Waals surface area contributed by atoms with Crippen molar-refractivity contribution >= 4 is 17.4 Å². The fraction of sp³-hybridized carbons (Fsp3) is 0.412. The van der Waals surface area contributed by atoms with Gasteiger partial charge in [-0.05, 0) is 50.6 Å². The number of pyridine rings is 1. The fourth-order valence-corrected chi connectivity index (χ4v) is 3.32. The second-order valence-corrected chi connectivity index (χ2v) is 7.01. The third-order valence-electron chi connectivity index (χ3n) is 3.76. The Hall–Kier alpha value is -1.88. The van der Waals surface area contributed by atoms with E-state index in [1.807, 2.05) is 33.0 Å². The number of amides is 2. The van der Waals surface area contributed by atoms with E-state index in [2.05, 4.69) is 29.4 Å². The van der Waals surface area contributed by atoms with Gasteiger partial charge in [0.05, 0.1) is 6.04 Å². The second kappa shape index (κ2) is 7.40. The van der Waals surface area contributed by atoms with E-state index >= 15 is 0 Å². The second-order valence-electron chi connectivity index (χ2n) is 5.63. The van der Waals surface area contributed by atoms with Crippen molar-refractivity contribution in [3.63, 3.8) is 0 Å². The van der Waals surface area contributed by atoms with Crippen molar-refractivity contribution < 1.29 is 4.79 Å². The number of urea groups is 1. The summed E-state index contributed by atoms with van der Waals surface area (Å²) < 4.78 is 0. The van der Waals surface area contributed by atoms with Gasteiger partial charge in [0.25, 0.3) is 0 Å². The molecular formula is C17H23N3OS. The highest BCUT2D eigenvalue weighted by molar-refractivity contribution is 7.11. The maximum Gasteiger partial charge on any atom is 0.317 e. The summed E-state index contributed by atoms with van der Waals surface area (Å²) in [6, 6.07) is 8.19. The van der Waals surface area contributed by atoms with Gasteiger partial charge in [0.2, 0.25) is 0 Å². The van der Waals surface area contributed by atoms with Gasteiger partial charge in [-0.15, -0.1) is 11.3 Å². The highest BCUT2D eigenvalue weighted by Crippen LogP contribution is 2.19. The predicted molar refractivity (Wildman–Crippen MR) is 91.2 cm³/mol. The van der Waals surface area contributed by atoms with Gasteiger partial charge in [0, 0.05) is 41.7 Å². The van der Waals surface area contributed by atoms with E-state index in [0.29, 0.717) is 0 Å². The van der Waals surface area contributed by atoms with Crippen molar-refractivity contribution in [1.29, 1.82) is 0 Å². The Morgan fingerprint density at radius 2 is 1.95 bits per heavy atom. The van der Waals surface area contributed by atoms with Crippen LogP contribution in [0.2, 0.25) is 0 Å². The molecule has 4 nitrogen and oxygen atoms in total. The van der Waals surface area contributed by atoms with Crippen LogP contribution in [-0.2, 0) is 6.42 Å². The first-order valence-corrected chi connectivity index (χ1v) is 8.27.